The lowest BCUT2D eigenvalue weighted by atomic mass is 9.99. The topological polar surface area (TPSA) is 70.5 Å². The number of hydrogen-bond acceptors (Lipinski definition) is 4. The number of benzene rings is 1. The monoisotopic (exact) mass is 354 g/mol. The van der Waals surface area contributed by atoms with E-state index in [2.05, 4.69) is 4.98 Å². The first kappa shape index (κ1) is 17.2. The number of aromatic nitrogens is 1. The van der Waals surface area contributed by atoms with Crippen LogP contribution in [0.25, 0.3) is 6.08 Å². The van der Waals surface area contributed by atoms with Crippen LogP contribution in [0, 0.1) is 5.92 Å². The summed E-state index contributed by atoms with van der Waals surface area (Å²) >= 11 is 1.49. The molecule has 0 radical (unpaired) electrons. The van der Waals surface area contributed by atoms with Gasteiger partial charge in [0.1, 0.15) is 5.03 Å². The van der Waals surface area contributed by atoms with Gasteiger partial charge in [-0.25, -0.2) is 4.98 Å². The molecule has 0 bridgehead atoms. The highest BCUT2D eigenvalue weighted by molar-refractivity contribution is 7.99. The number of rotatable bonds is 6. The van der Waals surface area contributed by atoms with Crippen LogP contribution in [0.3, 0.4) is 0 Å². The zero-order valence-corrected chi connectivity index (χ0v) is 14.4. The van der Waals surface area contributed by atoms with Gasteiger partial charge < -0.3 is 10.0 Å². The molecule has 0 atom stereocenters. The SMILES string of the molecule is O=C(O)C1CN(C(=O)c2cccnc2SCC=Cc2ccccc2)C1. The van der Waals surface area contributed by atoms with Gasteiger partial charge >= 0.3 is 5.97 Å². The molecule has 128 valence electrons. The van der Waals surface area contributed by atoms with Gasteiger partial charge in [0.25, 0.3) is 5.91 Å². The maximum absolute atomic E-state index is 12.5. The van der Waals surface area contributed by atoms with Gasteiger partial charge in [0.15, 0.2) is 0 Å². The Hall–Kier alpha value is -2.60. The molecule has 1 aliphatic heterocycles. The highest BCUT2D eigenvalue weighted by atomic mass is 32.2. The van der Waals surface area contributed by atoms with Crippen molar-refractivity contribution in [2.45, 2.75) is 5.03 Å². The molecule has 1 N–H and O–H groups in total. The fraction of sp³-hybridized carbons (Fsp3) is 0.211. The second kappa shape index (κ2) is 7.98. The van der Waals surface area contributed by atoms with Crippen molar-refractivity contribution in [1.82, 2.24) is 9.88 Å². The summed E-state index contributed by atoms with van der Waals surface area (Å²) in [4.78, 5) is 29.3. The van der Waals surface area contributed by atoms with E-state index in [9.17, 15) is 9.59 Å². The summed E-state index contributed by atoms with van der Waals surface area (Å²) in [6.07, 6.45) is 5.73. The summed E-state index contributed by atoms with van der Waals surface area (Å²) in [5.74, 6) is -0.759. The number of nitrogens with zero attached hydrogens (tertiary/aromatic N) is 2. The Morgan fingerprint density at radius 1 is 1.20 bits per heavy atom. The highest BCUT2D eigenvalue weighted by Gasteiger charge is 2.36. The molecule has 1 aromatic heterocycles. The summed E-state index contributed by atoms with van der Waals surface area (Å²) in [6, 6.07) is 13.5. The first-order chi connectivity index (χ1) is 12.1. The molecule has 0 aliphatic carbocycles. The minimum Gasteiger partial charge on any atom is -0.481 e. The molecule has 5 nitrogen and oxygen atoms in total. The van der Waals surface area contributed by atoms with Gasteiger partial charge in [-0.15, -0.1) is 11.8 Å². The molecule has 1 aliphatic rings. The van der Waals surface area contributed by atoms with Gasteiger partial charge in [0.2, 0.25) is 0 Å². The Morgan fingerprint density at radius 2 is 1.96 bits per heavy atom. The number of carbonyl (C=O) groups is 2. The normalized spacial score (nSPS) is 14.5. The third kappa shape index (κ3) is 4.28. The number of carboxylic acid groups (broad SMARTS) is 1. The maximum Gasteiger partial charge on any atom is 0.310 e. The molecule has 2 aromatic rings. The van der Waals surface area contributed by atoms with E-state index in [1.54, 1.807) is 23.2 Å². The Balaban J connectivity index is 1.60. The lowest BCUT2D eigenvalue weighted by Crippen LogP contribution is -2.53. The summed E-state index contributed by atoms with van der Waals surface area (Å²) in [6.45, 7) is 0.530. The van der Waals surface area contributed by atoms with E-state index < -0.39 is 11.9 Å². The highest BCUT2D eigenvalue weighted by Crippen LogP contribution is 2.25. The van der Waals surface area contributed by atoms with Crippen LogP contribution in [0.15, 0.2) is 59.8 Å². The number of carbonyl (C=O) groups excluding carboxylic acids is 1. The number of thioether (sulfide) groups is 1. The molecule has 1 amide bonds. The molecule has 3 rings (SSSR count). The van der Waals surface area contributed by atoms with Gasteiger partial charge in [0, 0.05) is 25.0 Å². The van der Waals surface area contributed by atoms with Crippen molar-refractivity contribution in [3.8, 4) is 0 Å². The van der Waals surface area contributed by atoms with E-state index in [4.69, 9.17) is 5.11 Å². The molecular weight excluding hydrogens is 336 g/mol. The van der Waals surface area contributed by atoms with Crippen molar-refractivity contribution in [3.05, 3.63) is 65.9 Å². The molecule has 1 saturated heterocycles. The van der Waals surface area contributed by atoms with E-state index in [1.165, 1.54) is 11.8 Å². The van der Waals surface area contributed by atoms with E-state index in [-0.39, 0.29) is 19.0 Å². The van der Waals surface area contributed by atoms with Crippen LogP contribution in [-0.2, 0) is 4.79 Å². The summed E-state index contributed by atoms with van der Waals surface area (Å²) in [5, 5.41) is 9.60. The van der Waals surface area contributed by atoms with Crippen LogP contribution in [-0.4, -0.2) is 45.7 Å². The van der Waals surface area contributed by atoms with Crippen molar-refractivity contribution >= 4 is 29.7 Å². The Kier molecular flexibility index (Phi) is 5.50. The molecule has 1 aromatic carbocycles. The third-order valence-electron chi connectivity index (χ3n) is 3.95. The number of likely N-dealkylation sites (tertiary alicyclic amines) is 1. The third-order valence-corrected chi connectivity index (χ3v) is 4.90. The number of aliphatic carboxylic acids is 1. The molecule has 0 unspecified atom stereocenters. The quantitative estimate of drug-likeness (QED) is 0.808. The average molecular weight is 354 g/mol. The van der Waals surface area contributed by atoms with Crippen molar-refractivity contribution in [3.63, 3.8) is 0 Å². The van der Waals surface area contributed by atoms with Crippen molar-refractivity contribution in [1.29, 1.82) is 0 Å². The molecular formula is C19H18N2O3S. The molecule has 1 fully saturated rings. The second-order valence-electron chi connectivity index (χ2n) is 5.73. The van der Waals surface area contributed by atoms with Gasteiger partial charge in [-0.3, -0.25) is 9.59 Å². The fourth-order valence-corrected chi connectivity index (χ4v) is 3.31. The minimum atomic E-state index is -0.851. The van der Waals surface area contributed by atoms with Gasteiger partial charge in [-0.05, 0) is 17.7 Å². The molecule has 0 saturated carbocycles. The predicted molar refractivity (Wildman–Crippen MR) is 97.5 cm³/mol. The fourth-order valence-electron chi connectivity index (χ4n) is 2.51. The van der Waals surface area contributed by atoms with E-state index in [0.717, 1.165) is 5.56 Å². The zero-order valence-electron chi connectivity index (χ0n) is 13.5. The number of carboxylic acids is 1. The van der Waals surface area contributed by atoms with Crippen molar-refractivity contribution in [2.75, 3.05) is 18.8 Å². The van der Waals surface area contributed by atoms with Crippen LogP contribution >= 0.6 is 11.8 Å². The summed E-state index contributed by atoms with van der Waals surface area (Å²) < 4.78 is 0. The van der Waals surface area contributed by atoms with Crippen LogP contribution in [0.1, 0.15) is 15.9 Å². The average Bonchev–Trinajstić information content (AvgIpc) is 2.58. The molecule has 6 heteroatoms. The van der Waals surface area contributed by atoms with Crippen LogP contribution in [0.2, 0.25) is 0 Å². The first-order valence-corrected chi connectivity index (χ1v) is 8.95. The van der Waals surface area contributed by atoms with Gasteiger partial charge in [-0.1, -0.05) is 42.5 Å². The maximum atomic E-state index is 12.5. The number of hydrogen-bond donors (Lipinski definition) is 1. The largest absolute Gasteiger partial charge is 0.481 e. The van der Waals surface area contributed by atoms with Gasteiger partial charge in [0.05, 0.1) is 11.5 Å². The summed E-state index contributed by atoms with van der Waals surface area (Å²) in [7, 11) is 0. The van der Waals surface area contributed by atoms with Crippen molar-refractivity contribution in [2.24, 2.45) is 5.92 Å². The van der Waals surface area contributed by atoms with E-state index in [0.29, 0.717) is 16.3 Å². The number of pyridine rings is 1. The zero-order chi connectivity index (χ0) is 17.6. The molecule has 0 spiro atoms. The van der Waals surface area contributed by atoms with Crippen molar-refractivity contribution < 1.29 is 14.7 Å². The van der Waals surface area contributed by atoms with E-state index >= 15 is 0 Å². The van der Waals surface area contributed by atoms with E-state index in [1.807, 2.05) is 42.5 Å². The smallest absolute Gasteiger partial charge is 0.310 e. The Labute approximate surface area is 150 Å². The summed E-state index contributed by atoms with van der Waals surface area (Å²) in [5.41, 5.74) is 1.66. The van der Waals surface area contributed by atoms with Crippen LogP contribution in [0.4, 0.5) is 0 Å². The Bertz CT molecular complexity index is 786. The van der Waals surface area contributed by atoms with Gasteiger partial charge in [-0.2, -0.15) is 0 Å². The lowest BCUT2D eigenvalue weighted by molar-refractivity contribution is -0.146. The lowest BCUT2D eigenvalue weighted by Gasteiger charge is -2.36. The molecule has 2 heterocycles. The standard InChI is InChI=1S/C19H18N2O3S/c22-18(21-12-15(13-21)19(23)24)16-9-4-10-20-17(16)25-11-5-8-14-6-2-1-3-7-14/h1-10,15H,11-13H2,(H,23,24). The van der Waals surface area contributed by atoms with Crippen LogP contribution < -0.4 is 0 Å². The number of amides is 1. The Morgan fingerprint density at radius 3 is 2.68 bits per heavy atom. The first-order valence-electron chi connectivity index (χ1n) is 7.96. The predicted octanol–water partition coefficient (Wildman–Crippen LogP) is 3.04. The van der Waals surface area contributed by atoms with Crippen LogP contribution in [0.5, 0.6) is 0 Å². The molecule has 25 heavy (non-hydrogen) atoms. The minimum absolute atomic E-state index is 0.153. The second-order valence-corrected chi connectivity index (χ2v) is 6.73.